The van der Waals surface area contributed by atoms with Gasteiger partial charge in [0.25, 0.3) is 0 Å². The zero-order chi connectivity index (χ0) is 9.26. The molecule has 1 unspecified atom stereocenters. The number of nitrogens with zero attached hydrogens (tertiary/aromatic N) is 1. The Morgan fingerprint density at radius 2 is 2.54 bits per heavy atom. The Balaban J connectivity index is 2.04. The molecular formula is C9H15N3O. The van der Waals surface area contributed by atoms with Gasteiger partial charge in [-0.25, -0.2) is 0 Å². The smallest absolute Gasteiger partial charge is 0.148 e. The third-order valence-electron chi connectivity index (χ3n) is 2.66. The summed E-state index contributed by atoms with van der Waals surface area (Å²) in [5, 5.41) is 6.94. The number of rotatable bonds is 2. The Morgan fingerprint density at radius 1 is 1.69 bits per heavy atom. The zero-order valence-corrected chi connectivity index (χ0v) is 7.84. The third-order valence-corrected chi connectivity index (χ3v) is 2.66. The van der Waals surface area contributed by atoms with Crippen LogP contribution in [0.25, 0.3) is 0 Å². The minimum atomic E-state index is 0.619. The van der Waals surface area contributed by atoms with E-state index >= 15 is 0 Å². The van der Waals surface area contributed by atoms with Crippen molar-refractivity contribution < 1.29 is 4.74 Å². The molecule has 0 aromatic carbocycles. The number of hydrogen-bond acceptors (Lipinski definition) is 3. The van der Waals surface area contributed by atoms with Crippen LogP contribution in [0.3, 0.4) is 0 Å². The second-order valence-corrected chi connectivity index (χ2v) is 3.65. The van der Waals surface area contributed by atoms with Gasteiger partial charge in [0.2, 0.25) is 0 Å². The quantitative estimate of drug-likeness (QED) is 0.711. The molecule has 1 aliphatic heterocycles. The predicted octanol–water partition coefficient (Wildman–Crippen LogP) is 0.879. The molecule has 0 amide bonds. The Labute approximate surface area is 77.5 Å². The van der Waals surface area contributed by atoms with Crippen molar-refractivity contribution in [3.8, 4) is 0 Å². The van der Waals surface area contributed by atoms with E-state index in [-0.39, 0.29) is 0 Å². The highest BCUT2D eigenvalue weighted by atomic mass is 16.5. The van der Waals surface area contributed by atoms with Crippen LogP contribution in [0.1, 0.15) is 17.7 Å². The Kier molecular flexibility index (Phi) is 2.22. The zero-order valence-electron chi connectivity index (χ0n) is 7.84. The van der Waals surface area contributed by atoms with Crippen LogP contribution >= 0.6 is 0 Å². The lowest BCUT2D eigenvalue weighted by atomic mass is 10.0. The summed E-state index contributed by atoms with van der Waals surface area (Å²) in [6.45, 7) is 3.77. The number of aromatic amines is 1. The van der Waals surface area contributed by atoms with Gasteiger partial charge in [0.1, 0.15) is 5.82 Å². The summed E-state index contributed by atoms with van der Waals surface area (Å²) in [6.07, 6.45) is 2.16. The Morgan fingerprint density at radius 3 is 3.08 bits per heavy atom. The van der Waals surface area contributed by atoms with Gasteiger partial charge < -0.3 is 10.5 Å². The van der Waals surface area contributed by atoms with Crippen LogP contribution in [0.2, 0.25) is 0 Å². The van der Waals surface area contributed by atoms with Gasteiger partial charge in [-0.15, -0.1) is 0 Å². The highest BCUT2D eigenvalue weighted by Crippen LogP contribution is 2.20. The summed E-state index contributed by atoms with van der Waals surface area (Å²) in [4.78, 5) is 0. The summed E-state index contributed by atoms with van der Waals surface area (Å²) >= 11 is 0. The van der Waals surface area contributed by atoms with Crippen LogP contribution in [0.5, 0.6) is 0 Å². The first-order valence-electron chi connectivity index (χ1n) is 4.64. The molecule has 4 nitrogen and oxygen atoms in total. The number of anilines is 1. The molecule has 2 heterocycles. The van der Waals surface area contributed by atoms with Gasteiger partial charge in [0.15, 0.2) is 0 Å². The van der Waals surface area contributed by atoms with E-state index in [9.17, 15) is 0 Å². The van der Waals surface area contributed by atoms with Gasteiger partial charge >= 0.3 is 0 Å². The summed E-state index contributed by atoms with van der Waals surface area (Å²) in [5.41, 5.74) is 7.89. The standard InChI is InChI=1S/C9H15N3O/c1-6-8(11-12-9(6)10)4-7-2-3-13-5-7/h7H,2-5H2,1H3,(H3,10,11,12). The number of nitrogen functional groups attached to an aromatic ring is 1. The largest absolute Gasteiger partial charge is 0.382 e. The number of ether oxygens (including phenoxy) is 1. The van der Waals surface area contributed by atoms with E-state index in [4.69, 9.17) is 10.5 Å². The average molecular weight is 181 g/mol. The highest BCUT2D eigenvalue weighted by molar-refractivity contribution is 5.40. The van der Waals surface area contributed by atoms with E-state index in [1.54, 1.807) is 0 Å². The van der Waals surface area contributed by atoms with Gasteiger partial charge in [0.05, 0.1) is 0 Å². The summed E-state index contributed by atoms with van der Waals surface area (Å²) < 4.78 is 5.31. The van der Waals surface area contributed by atoms with Crippen LogP contribution in [0, 0.1) is 12.8 Å². The van der Waals surface area contributed by atoms with Crippen molar-refractivity contribution in [1.82, 2.24) is 10.2 Å². The minimum Gasteiger partial charge on any atom is -0.382 e. The second kappa shape index (κ2) is 3.38. The first kappa shape index (κ1) is 8.56. The van der Waals surface area contributed by atoms with Gasteiger partial charge in [-0.1, -0.05) is 0 Å². The number of nitrogens with one attached hydrogen (secondary N) is 1. The Bertz CT molecular complexity index is 289. The first-order valence-corrected chi connectivity index (χ1v) is 4.64. The topological polar surface area (TPSA) is 63.9 Å². The van der Waals surface area contributed by atoms with Crippen LogP contribution < -0.4 is 5.73 Å². The van der Waals surface area contributed by atoms with Crippen molar-refractivity contribution in [2.45, 2.75) is 19.8 Å². The fourth-order valence-electron chi connectivity index (χ4n) is 1.68. The molecule has 1 saturated heterocycles. The van der Waals surface area contributed by atoms with Crippen LogP contribution in [-0.4, -0.2) is 23.4 Å². The van der Waals surface area contributed by atoms with Crippen LogP contribution in [0.4, 0.5) is 5.82 Å². The molecule has 13 heavy (non-hydrogen) atoms. The SMILES string of the molecule is Cc1c(N)n[nH]c1CC1CCOC1. The van der Waals surface area contributed by atoms with E-state index < -0.39 is 0 Å². The molecule has 1 fully saturated rings. The van der Waals surface area contributed by atoms with E-state index in [1.807, 2.05) is 6.92 Å². The number of hydrogen-bond donors (Lipinski definition) is 2. The molecule has 0 bridgehead atoms. The number of aromatic nitrogens is 2. The maximum absolute atomic E-state index is 5.64. The third kappa shape index (κ3) is 1.67. The van der Waals surface area contributed by atoms with E-state index in [2.05, 4.69) is 10.2 Å². The normalized spacial score (nSPS) is 22.4. The molecule has 0 spiro atoms. The van der Waals surface area contributed by atoms with Gasteiger partial charge in [-0.2, -0.15) is 5.10 Å². The van der Waals surface area contributed by atoms with E-state index in [0.29, 0.717) is 11.7 Å². The number of nitrogens with two attached hydrogens (primary N) is 1. The summed E-state index contributed by atoms with van der Waals surface area (Å²) in [7, 11) is 0. The van der Waals surface area contributed by atoms with Crippen molar-refractivity contribution in [2.75, 3.05) is 18.9 Å². The van der Waals surface area contributed by atoms with Crippen LogP contribution in [-0.2, 0) is 11.2 Å². The lowest BCUT2D eigenvalue weighted by Crippen LogP contribution is -2.05. The minimum absolute atomic E-state index is 0.619. The second-order valence-electron chi connectivity index (χ2n) is 3.65. The molecule has 0 saturated carbocycles. The average Bonchev–Trinajstić information content (AvgIpc) is 2.71. The fraction of sp³-hybridized carbons (Fsp3) is 0.667. The molecule has 0 radical (unpaired) electrons. The highest BCUT2D eigenvalue weighted by Gasteiger charge is 2.18. The predicted molar refractivity (Wildman–Crippen MR) is 50.4 cm³/mol. The van der Waals surface area contributed by atoms with Crippen molar-refractivity contribution in [3.63, 3.8) is 0 Å². The molecule has 4 heteroatoms. The molecule has 1 aromatic heterocycles. The molecule has 1 atom stereocenters. The summed E-state index contributed by atoms with van der Waals surface area (Å²) in [6, 6.07) is 0. The van der Waals surface area contributed by atoms with Gasteiger partial charge in [-0.3, -0.25) is 5.10 Å². The molecule has 0 aliphatic carbocycles. The number of H-pyrrole nitrogens is 1. The monoisotopic (exact) mass is 181 g/mol. The fourth-order valence-corrected chi connectivity index (χ4v) is 1.68. The van der Waals surface area contributed by atoms with Crippen molar-refractivity contribution in [3.05, 3.63) is 11.3 Å². The maximum Gasteiger partial charge on any atom is 0.148 e. The lowest BCUT2D eigenvalue weighted by molar-refractivity contribution is 0.185. The van der Waals surface area contributed by atoms with E-state index in [0.717, 1.165) is 37.3 Å². The van der Waals surface area contributed by atoms with Crippen molar-refractivity contribution in [1.29, 1.82) is 0 Å². The van der Waals surface area contributed by atoms with Crippen molar-refractivity contribution >= 4 is 5.82 Å². The maximum atomic E-state index is 5.64. The van der Waals surface area contributed by atoms with Crippen LogP contribution in [0.15, 0.2) is 0 Å². The van der Waals surface area contributed by atoms with Crippen molar-refractivity contribution in [2.24, 2.45) is 5.92 Å². The summed E-state index contributed by atoms with van der Waals surface area (Å²) in [5.74, 6) is 1.26. The molecule has 3 N–H and O–H groups in total. The van der Waals surface area contributed by atoms with Gasteiger partial charge in [-0.05, 0) is 25.7 Å². The Hall–Kier alpha value is -1.03. The van der Waals surface area contributed by atoms with E-state index in [1.165, 1.54) is 0 Å². The molecule has 1 aliphatic rings. The molecule has 72 valence electrons. The molecule has 2 rings (SSSR count). The lowest BCUT2D eigenvalue weighted by Gasteiger charge is -2.05. The first-order chi connectivity index (χ1) is 6.27. The van der Waals surface area contributed by atoms with Gasteiger partial charge in [0, 0.05) is 24.5 Å². The molecule has 1 aromatic rings. The molecular weight excluding hydrogens is 166 g/mol.